The summed E-state index contributed by atoms with van der Waals surface area (Å²) in [6.07, 6.45) is 0. The van der Waals surface area contributed by atoms with Gasteiger partial charge in [0.1, 0.15) is 0 Å². The van der Waals surface area contributed by atoms with Crippen LogP contribution in [0.15, 0.2) is 66.7 Å². The Bertz CT molecular complexity index is 1020. The molecular weight excluding hydrogens is 441 g/mol. The smallest absolute Gasteiger partial charge is 0.254 e. The van der Waals surface area contributed by atoms with Gasteiger partial charge in [0.05, 0.1) is 6.04 Å². The van der Waals surface area contributed by atoms with Crippen molar-refractivity contribution in [2.45, 2.75) is 6.04 Å². The lowest BCUT2D eigenvalue weighted by atomic mass is 9.96. The van der Waals surface area contributed by atoms with E-state index in [1.807, 2.05) is 48.5 Å². The molecule has 1 amide bonds. The fraction of sp³-hybridized carbons (Fsp3) is 0.208. The molecule has 1 aliphatic rings. The maximum atomic E-state index is 13.5. The zero-order chi connectivity index (χ0) is 22.0. The van der Waals surface area contributed by atoms with Crippen molar-refractivity contribution in [1.82, 2.24) is 9.80 Å². The van der Waals surface area contributed by atoms with Crippen LogP contribution in [-0.4, -0.2) is 41.9 Å². The highest BCUT2D eigenvalue weighted by Crippen LogP contribution is 2.31. The van der Waals surface area contributed by atoms with Crippen LogP contribution in [0.25, 0.3) is 0 Å². The van der Waals surface area contributed by atoms with Crippen molar-refractivity contribution in [1.29, 1.82) is 0 Å². The van der Waals surface area contributed by atoms with E-state index in [-0.39, 0.29) is 17.5 Å². The maximum Gasteiger partial charge on any atom is 0.254 e. The Kier molecular flexibility index (Phi) is 6.56. The molecule has 3 aromatic carbocycles. The van der Waals surface area contributed by atoms with E-state index in [2.05, 4.69) is 4.90 Å². The molecule has 31 heavy (non-hydrogen) atoms. The molecule has 1 aliphatic heterocycles. The minimum absolute atomic E-state index is 0.0185. The number of amides is 1. The van der Waals surface area contributed by atoms with Crippen LogP contribution in [0.4, 0.5) is 8.78 Å². The number of hydrogen-bond donors (Lipinski definition) is 0. The van der Waals surface area contributed by atoms with E-state index < -0.39 is 11.6 Å². The molecule has 4 rings (SSSR count). The van der Waals surface area contributed by atoms with Gasteiger partial charge in [0.25, 0.3) is 5.91 Å². The molecule has 1 heterocycles. The molecular formula is C24H20Cl2F2N2O. The Morgan fingerprint density at radius 1 is 0.742 bits per heavy atom. The summed E-state index contributed by atoms with van der Waals surface area (Å²) in [6, 6.07) is 18.7. The first-order valence-corrected chi connectivity index (χ1v) is 10.7. The second kappa shape index (κ2) is 9.35. The van der Waals surface area contributed by atoms with E-state index in [4.69, 9.17) is 23.2 Å². The Hall–Kier alpha value is -2.47. The third kappa shape index (κ3) is 4.90. The molecule has 0 unspecified atom stereocenters. The molecule has 0 N–H and O–H groups in total. The van der Waals surface area contributed by atoms with Crippen molar-refractivity contribution in [3.8, 4) is 0 Å². The van der Waals surface area contributed by atoms with Crippen molar-refractivity contribution >= 4 is 29.1 Å². The number of benzene rings is 3. The number of rotatable bonds is 4. The van der Waals surface area contributed by atoms with Gasteiger partial charge in [-0.1, -0.05) is 47.5 Å². The van der Waals surface area contributed by atoms with Crippen LogP contribution in [0, 0.1) is 11.6 Å². The summed E-state index contributed by atoms with van der Waals surface area (Å²) in [6.45, 7) is 2.22. The summed E-state index contributed by atoms with van der Waals surface area (Å²) in [5.74, 6) is -2.28. The molecule has 7 heteroatoms. The van der Waals surface area contributed by atoms with Gasteiger partial charge in [-0.05, 0) is 53.6 Å². The zero-order valence-corrected chi connectivity index (χ0v) is 18.1. The molecule has 0 atom stereocenters. The van der Waals surface area contributed by atoms with Gasteiger partial charge in [0, 0.05) is 41.8 Å². The Morgan fingerprint density at radius 3 is 1.74 bits per heavy atom. The zero-order valence-electron chi connectivity index (χ0n) is 16.6. The summed E-state index contributed by atoms with van der Waals surface area (Å²) in [7, 11) is 0. The van der Waals surface area contributed by atoms with Crippen LogP contribution >= 0.6 is 23.2 Å². The largest absolute Gasteiger partial charge is 0.336 e. The fourth-order valence-corrected chi connectivity index (χ4v) is 4.15. The molecule has 3 nitrogen and oxygen atoms in total. The molecule has 0 spiro atoms. The van der Waals surface area contributed by atoms with Gasteiger partial charge in [0.15, 0.2) is 11.6 Å². The third-order valence-corrected chi connectivity index (χ3v) is 6.01. The minimum Gasteiger partial charge on any atom is -0.336 e. The third-order valence-electron chi connectivity index (χ3n) is 5.50. The van der Waals surface area contributed by atoms with Gasteiger partial charge in [-0.15, -0.1) is 0 Å². The first kappa shape index (κ1) is 21.8. The standard InChI is InChI=1S/C24H20Cl2F2N2O/c25-19-6-1-16(2-7-19)23(17-3-8-20(26)9-4-17)29-11-13-30(14-12-29)24(31)18-5-10-21(27)22(28)15-18/h1-10,15,23H,11-14H2. The maximum absolute atomic E-state index is 13.5. The van der Waals surface area contributed by atoms with Crippen molar-refractivity contribution in [2.24, 2.45) is 0 Å². The van der Waals surface area contributed by atoms with Crippen molar-refractivity contribution in [3.05, 3.63) is 105 Å². The fourth-order valence-electron chi connectivity index (χ4n) is 3.90. The SMILES string of the molecule is O=C(c1ccc(F)c(F)c1)N1CCN(C(c2ccc(Cl)cc2)c2ccc(Cl)cc2)CC1. The van der Waals surface area contributed by atoms with Gasteiger partial charge in [-0.25, -0.2) is 8.78 Å². The molecule has 0 saturated carbocycles. The minimum atomic E-state index is -1.02. The predicted molar refractivity (Wildman–Crippen MR) is 119 cm³/mol. The van der Waals surface area contributed by atoms with Gasteiger partial charge in [-0.2, -0.15) is 0 Å². The summed E-state index contributed by atoms with van der Waals surface area (Å²) in [5.41, 5.74) is 2.33. The summed E-state index contributed by atoms with van der Waals surface area (Å²) >= 11 is 12.2. The highest BCUT2D eigenvalue weighted by Gasteiger charge is 2.29. The van der Waals surface area contributed by atoms with E-state index in [9.17, 15) is 13.6 Å². The van der Waals surface area contributed by atoms with Crippen molar-refractivity contribution in [3.63, 3.8) is 0 Å². The molecule has 0 bridgehead atoms. The van der Waals surface area contributed by atoms with Crippen LogP contribution in [0.3, 0.4) is 0 Å². The van der Waals surface area contributed by atoms with Crippen LogP contribution < -0.4 is 0 Å². The number of carbonyl (C=O) groups excluding carboxylic acids is 1. The molecule has 1 saturated heterocycles. The topological polar surface area (TPSA) is 23.6 Å². The van der Waals surface area contributed by atoms with Gasteiger partial charge < -0.3 is 4.90 Å². The number of nitrogens with zero attached hydrogens (tertiary/aromatic N) is 2. The van der Waals surface area contributed by atoms with E-state index in [0.29, 0.717) is 36.2 Å². The highest BCUT2D eigenvalue weighted by molar-refractivity contribution is 6.30. The van der Waals surface area contributed by atoms with Crippen LogP contribution in [0.1, 0.15) is 27.5 Å². The Morgan fingerprint density at radius 2 is 1.26 bits per heavy atom. The number of hydrogen-bond acceptors (Lipinski definition) is 2. The van der Waals surface area contributed by atoms with Crippen molar-refractivity contribution in [2.75, 3.05) is 26.2 Å². The lowest BCUT2D eigenvalue weighted by Crippen LogP contribution is -2.49. The second-order valence-electron chi connectivity index (χ2n) is 7.46. The lowest BCUT2D eigenvalue weighted by Gasteiger charge is -2.40. The first-order valence-electron chi connectivity index (χ1n) is 9.91. The summed E-state index contributed by atoms with van der Waals surface area (Å²) in [4.78, 5) is 16.7. The second-order valence-corrected chi connectivity index (χ2v) is 8.34. The predicted octanol–water partition coefficient (Wildman–Crippen LogP) is 5.82. The van der Waals surface area contributed by atoms with E-state index in [1.54, 1.807) is 4.90 Å². The number of carbonyl (C=O) groups is 1. The lowest BCUT2D eigenvalue weighted by molar-refractivity contribution is 0.0597. The van der Waals surface area contributed by atoms with Gasteiger partial charge in [0.2, 0.25) is 0 Å². The highest BCUT2D eigenvalue weighted by atomic mass is 35.5. The van der Waals surface area contributed by atoms with E-state index >= 15 is 0 Å². The molecule has 0 aromatic heterocycles. The van der Waals surface area contributed by atoms with Gasteiger partial charge in [-0.3, -0.25) is 9.69 Å². The quantitative estimate of drug-likeness (QED) is 0.489. The molecule has 160 valence electrons. The van der Waals surface area contributed by atoms with Crippen LogP contribution in [0.5, 0.6) is 0 Å². The molecule has 0 aliphatic carbocycles. The molecule has 1 fully saturated rings. The van der Waals surface area contributed by atoms with Crippen molar-refractivity contribution < 1.29 is 13.6 Å². The monoisotopic (exact) mass is 460 g/mol. The molecule has 0 radical (unpaired) electrons. The summed E-state index contributed by atoms with van der Waals surface area (Å²) < 4.78 is 26.7. The summed E-state index contributed by atoms with van der Waals surface area (Å²) in [5, 5.41) is 1.33. The average Bonchev–Trinajstić information content (AvgIpc) is 2.78. The number of halogens is 4. The normalized spacial score (nSPS) is 14.8. The average molecular weight is 461 g/mol. The van der Waals surface area contributed by atoms with E-state index in [0.717, 1.165) is 23.3 Å². The van der Waals surface area contributed by atoms with Crippen LogP contribution in [0.2, 0.25) is 10.0 Å². The first-order chi connectivity index (χ1) is 14.9. The van der Waals surface area contributed by atoms with E-state index in [1.165, 1.54) is 6.07 Å². The Balaban J connectivity index is 1.53. The number of piperazine rings is 1. The Labute approximate surface area is 189 Å². The molecule has 3 aromatic rings. The van der Waals surface area contributed by atoms with Crippen LogP contribution in [-0.2, 0) is 0 Å². The van der Waals surface area contributed by atoms with Gasteiger partial charge >= 0.3 is 0 Å².